The number of pyridine rings is 1. The number of hydrogen-bond acceptors (Lipinski definition) is 6. The van der Waals surface area contributed by atoms with Gasteiger partial charge in [0.05, 0.1) is 17.7 Å². The highest BCUT2D eigenvalue weighted by molar-refractivity contribution is 7.16. The number of carbonyl (C=O) groups excluding carboxylic acids is 2. The number of thiophene rings is 1. The molecule has 2 aromatic rings. The Morgan fingerprint density at radius 3 is 2.81 bits per heavy atom. The maximum atomic E-state index is 12.4. The van der Waals surface area contributed by atoms with Crippen LogP contribution in [0.15, 0.2) is 24.5 Å². The van der Waals surface area contributed by atoms with Gasteiger partial charge in [0.15, 0.2) is 0 Å². The Hall–Kier alpha value is -2.92. The Balaban J connectivity index is 1.80. The van der Waals surface area contributed by atoms with Gasteiger partial charge in [-0.05, 0) is 44.9 Å². The topological polar surface area (TPSA) is 95.3 Å². The van der Waals surface area contributed by atoms with E-state index in [0.29, 0.717) is 35.6 Å². The summed E-state index contributed by atoms with van der Waals surface area (Å²) >= 11 is 1.32. The van der Waals surface area contributed by atoms with Crippen molar-refractivity contribution in [3.05, 3.63) is 46.1 Å². The molecule has 0 unspecified atom stereocenters. The minimum Gasteiger partial charge on any atom is -0.444 e. The second-order valence-electron chi connectivity index (χ2n) is 7.17. The Labute approximate surface area is 161 Å². The first kappa shape index (κ1) is 18.9. The smallest absolute Gasteiger partial charge is 0.410 e. The molecule has 0 spiro atoms. The van der Waals surface area contributed by atoms with Gasteiger partial charge in [-0.2, -0.15) is 5.26 Å². The first-order chi connectivity index (χ1) is 12.8. The van der Waals surface area contributed by atoms with Crippen molar-refractivity contribution in [3.8, 4) is 6.07 Å². The molecule has 1 N–H and O–H groups in total. The number of ether oxygens (including phenoxy) is 1. The Kier molecular flexibility index (Phi) is 5.15. The van der Waals surface area contributed by atoms with Crippen LogP contribution in [0, 0.1) is 11.3 Å². The summed E-state index contributed by atoms with van der Waals surface area (Å²) in [6, 6.07) is 5.53. The molecule has 27 heavy (non-hydrogen) atoms. The Morgan fingerprint density at radius 2 is 2.19 bits per heavy atom. The zero-order valence-electron chi connectivity index (χ0n) is 15.4. The van der Waals surface area contributed by atoms with Crippen molar-refractivity contribution < 1.29 is 14.3 Å². The van der Waals surface area contributed by atoms with E-state index >= 15 is 0 Å². The van der Waals surface area contributed by atoms with Gasteiger partial charge in [-0.3, -0.25) is 9.78 Å². The SMILES string of the molecule is CC(C)(C)OC(=O)N1CCc2c(sc(NC(=O)c3cccnc3)c2C#N)C1. The van der Waals surface area contributed by atoms with Crippen molar-refractivity contribution in [2.24, 2.45) is 0 Å². The number of nitrogens with zero attached hydrogens (tertiary/aromatic N) is 3. The van der Waals surface area contributed by atoms with Crippen molar-refractivity contribution in [2.75, 3.05) is 11.9 Å². The van der Waals surface area contributed by atoms with Crippen LogP contribution in [0.3, 0.4) is 0 Å². The van der Waals surface area contributed by atoms with Crippen LogP contribution < -0.4 is 5.32 Å². The summed E-state index contributed by atoms with van der Waals surface area (Å²) in [4.78, 5) is 31.1. The molecule has 2 amide bonds. The Morgan fingerprint density at radius 1 is 1.41 bits per heavy atom. The number of aromatic nitrogens is 1. The number of hydrogen-bond donors (Lipinski definition) is 1. The van der Waals surface area contributed by atoms with Crippen LogP contribution >= 0.6 is 11.3 Å². The van der Waals surface area contributed by atoms with Gasteiger partial charge in [0.1, 0.15) is 16.7 Å². The molecule has 0 aromatic carbocycles. The largest absolute Gasteiger partial charge is 0.444 e. The molecule has 0 radical (unpaired) electrons. The van der Waals surface area contributed by atoms with Crippen LogP contribution in [0.4, 0.5) is 9.80 Å². The molecule has 140 valence electrons. The van der Waals surface area contributed by atoms with Crippen LogP contribution in [0.5, 0.6) is 0 Å². The van der Waals surface area contributed by atoms with E-state index in [1.54, 1.807) is 23.2 Å². The standard InChI is InChI=1S/C19H20N4O3S/c1-19(2,3)26-18(25)23-8-6-13-14(9-20)17(27-15(13)11-23)22-16(24)12-5-4-7-21-10-12/h4-5,7,10H,6,8,11H2,1-3H3,(H,22,24). The number of fused-ring (bicyclic) bond motifs is 1. The average Bonchev–Trinajstić information content (AvgIpc) is 2.97. The highest BCUT2D eigenvalue weighted by atomic mass is 32.1. The molecule has 7 nitrogen and oxygen atoms in total. The van der Waals surface area contributed by atoms with Crippen molar-refractivity contribution in [3.63, 3.8) is 0 Å². The summed E-state index contributed by atoms with van der Waals surface area (Å²) < 4.78 is 5.43. The fourth-order valence-electron chi connectivity index (χ4n) is 2.76. The van der Waals surface area contributed by atoms with E-state index in [1.807, 2.05) is 20.8 Å². The van der Waals surface area contributed by atoms with Crippen molar-refractivity contribution in [2.45, 2.75) is 39.3 Å². The predicted molar refractivity (Wildman–Crippen MR) is 102 cm³/mol. The summed E-state index contributed by atoms with van der Waals surface area (Å²) in [5.74, 6) is -0.317. The summed E-state index contributed by atoms with van der Waals surface area (Å²) in [5.41, 5.74) is 1.22. The molecule has 3 heterocycles. The summed E-state index contributed by atoms with van der Waals surface area (Å²) in [7, 11) is 0. The van der Waals surface area contributed by atoms with Gasteiger partial charge >= 0.3 is 6.09 Å². The number of nitriles is 1. The Bertz CT molecular complexity index is 910. The predicted octanol–water partition coefficient (Wildman–Crippen LogP) is 3.56. The minimum atomic E-state index is -0.562. The average molecular weight is 384 g/mol. The third-order valence-electron chi connectivity index (χ3n) is 3.97. The van der Waals surface area contributed by atoms with Gasteiger partial charge in [0, 0.05) is 23.8 Å². The zero-order valence-corrected chi connectivity index (χ0v) is 16.2. The van der Waals surface area contributed by atoms with Crippen LogP contribution in [-0.2, 0) is 17.7 Å². The monoisotopic (exact) mass is 384 g/mol. The van der Waals surface area contributed by atoms with Gasteiger partial charge in [0.25, 0.3) is 5.91 Å². The molecular formula is C19H20N4O3S. The third kappa shape index (κ3) is 4.26. The van der Waals surface area contributed by atoms with Gasteiger partial charge < -0.3 is 15.0 Å². The summed E-state index contributed by atoms with van der Waals surface area (Å²) in [6.07, 6.45) is 3.24. The lowest BCUT2D eigenvalue weighted by atomic mass is 10.0. The number of anilines is 1. The van der Waals surface area contributed by atoms with Crippen molar-refractivity contribution in [1.29, 1.82) is 5.26 Å². The minimum absolute atomic E-state index is 0.317. The molecule has 0 fully saturated rings. The molecule has 0 atom stereocenters. The molecule has 0 aliphatic carbocycles. The molecule has 0 bridgehead atoms. The van der Waals surface area contributed by atoms with Crippen LogP contribution in [0.2, 0.25) is 0 Å². The van der Waals surface area contributed by atoms with Gasteiger partial charge in [-0.1, -0.05) is 0 Å². The fourth-order valence-corrected chi connectivity index (χ4v) is 3.97. The lowest BCUT2D eigenvalue weighted by Crippen LogP contribution is -2.39. The van der Waals surface area contributed by atoms with Gasteiger partial charge in [-0.15, -0.1) is 11.3 Å². The lowest BCUT2D eigenvalue weighted by molar-refractivity contribution is 0.0226. The number of rotatable bonds is 2. The first-order valence-electron chi connectivity index (χ1n) is 8.52. The van der Waals surface area contributed by atoms with E-state index in [9.17, 15) is 14.9 Å². The van der Waals surface area contributed by atoms with E-state index in [1.165, 1.54) is 17.5 Å². The van der Waals surface area contributed by atoms with Crippen molar-refractivity contribution >= 4 is 28.3 Å². The number of amides is 2. The van der Waals surface area contributed by atoms with Crippen LogP contribution in [0.1, 0.15) is 47.1 Å². The third-order valence-corrected chi connectivity index (χ3v) is 5.10. The van der Waals surface area contributed by atoms with Crippen LogP contribution in [0.25, 0.3) is 0 Å². The van der Waals surface area contributed by atoms with E-state index < -0.39 is 5.60 Å². The molecule has 0 saturated heterocycles. The van der Waals surface area contributed by atoms with E-state index in [-0.39, 0.29) is 12.0 Å². The molecule has 1 aliphatic rings. The molecule has 1 aliphatic heterocycles. The fraction of sp³-hybridized carbons (Fsp3) is 0.368. The molecular weight excluding hydrogens is 364 g/mol. The number of carbonyl (C=O) groups is 2. The number of nitrogens with one attached hydrogen (secondary N) is 1. The maximum absolute atomic E-state index is 12.4. The zero-order chi connectivity index (χ0) is 19.6. The maximum Gasteiger partial charge on any atom is 0.410 e. The van der Waals surface area contributed by atoms with Crippen molar-refractivity contribution in [1.82, 2.24) is 9.88 Å². The summed E-state index contributed by atoms with van der Waals surface area (Å²) in [6.45, 7) is 6.32. The second kappa shape index (κ2) is 7.37. The summed E-state index contributed by atoms with van der Waals surface area (Å²) in [5, 5.41) is 12.9. The molecule has 8 heteroatoms. The molecule has 0 saturated carbocycles. The first-order valence-corrected chi connectivity index (χ1v) is 9.34. The normalized spacial score (nSPS) is 13.5. The highest BCUT2D eigenvalue weighted by Gasteiger charge is 2.30. The molecule has 2 aromatic heterocycles. The highest BCUT2D eigenvalue weighted by Crippen LogP contribution is 2.37. The second-order valence-corrected chi connectivity index (χ2v) is 8.27. The van der Waals surface area contributed by atoms with Gasteiger partial charge in [-0.25, -0.2) is 4.79 Å². The van der Waals surface area contributed by atoms with E-state index in [2.05, 4.69) is 16.4 Å². The quantitative estimate of drug-likeness (QED) is 0.854. The molecule has 3 rings (SSSR count). The van der Waals surface area contributed by atoms with E-state index in [4.69, 9.17) is 4.74 Å². The van der Waals surface area contributed by atoms with Crippen LogP contribution in [-0.4, -0.2) is 34.0 Å². The van der Waals surface area contributed by atoms with E-state index in [0.717, 1.165) is 10.4 Å². The van der Waals surface area contributed by atoms with Gasteiger partial charge in [0.2, 0.25) is 0 Å². The lowest BCUT2D eigenvalue weighted by Gasteiger charge is -2.29.